The van der Waals surface area contributed by atoms with E-state index in [1.54, 1.807) is 11.9 Å². The lowest BCUT2D eigenvalue weighted by atomic mass is 10.2. The first-order valence-electron chi connectivity index (χ1n) is 8.75. The van der Waals surface area contributed by atoms with Gasteiger partial charge in [0.2, 0.25) is 5.91 Å². The van der Waals surface area contributed by atoms with E-state index in [4.69, 9.17) is 9.47 Å². The monoisotopic (exact) mass is 351 g/mol. The Morgan fingerprint density at radius 2 is 1.96 bits per heavy atom. The number of hydrogen-bond acceptors (Lipinski definition) is 4. The third-order valence-electron chi connectivity index (χ3n) is 4.48. The SMILES string of the molecule is CN(CC1COc2ccccc2O1)C(=O)CCc1nc2ccccc2[nH]1. The van der Waals surface area contributed by atoms with Crippen molar-refractivity contribution < 1.29 is 14.3 Å². The van der Waals surface area contributed by atoms with Crippen LogP contribution in [0.25, 0.3) is 11.0 Å². The lowest BCUT2D eigenvalue weighted by Crippen LogP contribution is -2.41. The molecule has 0 bridgehead atoms. The van der Waals surface area contributed by atoms with Crippen LogP contribution in [-0.2, 0) is 11.2 Å². The number of para-hydroxylation sites is 4. The molecule has 0 aliphatic carbocycles. The molecule has 26 heavy (non-hydrogen) atoms. The number of likely N-dealkylation sites (N-methyl/N-ethyl adjacent to an activating group) is 1. The Morgan fingerprint density at radius 3 is 2.81 bits per heavy atom. The molecule has 3 aromatic rings. The number of benzene rings is 2. The first-order valence-corrected chi connectivity index (χ1v) is 8.75. The van der Waals surface area contributed by atoms with Crippen LogP contribution in [0.15, 0.2) is 48.5 Å². The topological polar surface area (TPSA) is 67.5 Å². The normalized spacial score (nSPS) is 15.8. The third kappa shape index (κ3) is 3.49. The van der Waals surface area contributed by atoms with E-state index >= 15 is 0 Å². The second-order valence-corrected chi connectivity index (χ2v) is 6.47. The predicted octanol–water partition coefficient (Wildman–Crippen LogP) is 2.79. The van der Waals surface area contributed by atoms with Crippen molar-refractivity contribution in [1.29, 1.82) is 0 Å². The summed E-state index contributed by atoms with van der Waals surface area (Å²) in [6.07, 6.45) is 0.827. The van der Waals surface area contributed by atoms with E-state index in [1.165, 1.54) is 0 Å². The van der Waals surface area contributed by atoms with Gasteiger partial charge in [0.25, 0.3) is 0 Å². The van der Waals surface area contributed by atoms with Gasteiger partial charge in [0.15, 0.2) is 17.6 Å². The summed E-state index contributed by atoms with van der Waals surface area (Å²) in [5, 5.41) is 0. The molecule has 0 spiro atoms. The van der Waals surface area contributed by atoms with Gasteiger partial charge in [-0.05, 0) is 24.3 Å². The van der Waals surface area contributed by atoms with Crippen molar-refractivity contribution in [2.45, 2.75) is 18.9 Å². The van der Waals surface area contributed by atoms with Crippen LogP contribution in [0.3, 0.4) is 0 Å². The molecule has 1 amide bonds. The quantitative estimate of drug-likeness (QED) is 0.767. The number of rotatable bonds is 5. The minimum Gasteiger partial charge on any atom is -0.486 e. The number of aromatic amines is 1. The Morgan fingerprint density at radius 1 is 1.19 bits per heavy atom. The summed E-state index contributed by atoms with van der Waals surface area (Å²) < 4.78 is 11.6. The highest BCUT2D eigenvalue weighted by atomic mass is 16.6. The van der Waals surface area contributed by atoms with Crippen molar-refractivity contribution in [3.8, 4) is 11.5 Å². The highest BCUT2D eigenvalue weighted by Crippen LogP contribution is 2.30. The van der Waals surface area contributed by atoms with Gasteiger partial charge in [0.1, 0.15) is 12.4 Å². The fraction of sp³-hybridized carbons (Fsp3) is 0.300. The number of nitrogens with zero attached hydrogens (tertiary/aromatic N) is 2. The molecule has 134 valence electrons. The smallest absolute Gasteiger partial charge is 0.222 e. The maximum atomic E-state index is 12.4. The van der Waals surface area contributed by atoms with Gasteiger partial charge in [-0.1, -0.05) is 24.3 Å². The predicted molar refractivity (Wildman–Crippen MR) is 98.4 cm³/mol. The summed E-state index contributed by atoms with van der Waals surface area (Å²) in [4.78, 5) is 21.9. The highest BCUT2D eigenvalue weighted by Gasteiger charge is 2.23. The van der Waals surface area contributed by atoms with Crippen molar-refractivity contribution >= 4 is 16.9 Å². The molecule has 1 N–H and O–H groups in total. The molecule has 2 aromatic carbocycles. The second-order valence-electron chi connectivity index (χ2n) is 6.47. The molecule has 4 rings (SSSR count). The Kier molecular flexibility index (Phi) is 4.48. The Labute approximate surface area is 151 Å². The van der Waals surface area contributed by atoms with E-state index in [2.05, 4.69) is 9.97 Å². The summed E-state index contributed by atoms with van der Waals surface area (Å²) in [6, 6.07) is 15.4. The van der Waals surface area contributed by atoms with Gasteiger partial charge in [-0.15, -0.1) is 0 Å². The number of H-pyrrole nitrogens is 1. The first kappa shape index (κ1) is 16.4. The maximum absolute atomic E-state index is 12.4. The van der Waals surface area contributed by atoms with E-state index in [0.29, 0.717) is 26.0 Å². The average molecular weight is 351 g/mol. The Hall–Kier alpha value is -3.02. The first-order chi connectivity index (χ1) is 12.7. The molecule has 1 aliphatic rings. The number of fused-ring (bicyclic) bond motifs is 2. The van der Waals surface area contributed by atoms with E-state index in [9.17, 15) is 4.79 Å². The molecular weight excluding hydrogens is 330 g/mol. The van der Waals surface area contributed by atoms with Crippen LogP contribution in [0.1, 0.15) is 12.2 Å². The minimum absolute atomic E-state index is 0.0629. The van der Waals surface area contributed by atoms with Crippen molar-refractivity contribution in [3.63, 3.8) is 0 Å². The number of carbonyl (C=O) groups excluding carboxylic acids is 1. The molecule has 1 aromatic heterocycles. The van der Waals surface area contributed by atoms with Gasteiger partial charge in [0, 0.05) is 19.9 Å². The van der Waals surface area contributed by atoms with Crippen LogP contribution >= 0.6 is 0 Å². The molecule has 6 nitrogen and oxygen atoms in total. The van der Waals surface area contributed by atoms with Crippen LogP contribution in [0, 0.1) is 0 Å². The van der Waals surface area contributed by atoms with Crippen molar-refractivity contribution in [2.24, 2.45) is 0 Å². The fourth-order valence-electron chi connectivity index (χ4n) is 3.10. The van der Waals surface area contributed by atoms with Crippen LogP contribution < -0.4 is 9.47 Å². The van der Waals surface area contributed by atoms with Crippen LogP contribution in [0.4, 0.5) is 0 Å². The number of carbonyl (C=O) groups is 1. The zero-order valence-electron chi connectivity index (χ0n) is 14.6. The molecule has 0 saturated heterocycles. The van der Waals surface area contributed by atoms with Gasteiger partial charge in [-0.25, -0.2) is 4.98 Å². The van der Waals surface area contributed by atoms with Crippen molar-refractivity contribution in [3.05, 3.63) is 54.4 Å². The summed E-state index contributed by atoms with van der Waals surface area (Å²) in [6.45, 7) is 0.936. The highest BCUT2D eigenvalue weighted by molar-refractivity contribution is 5.77. The van der Waals surface area contributed by atoms with E-state index in [-0.39, 0.29) is 12.0 Å². The molecule has 0 fully saturated rings. The molecule has 1 atom stereocenters. The number of imidazole rings is 1. The van der Waals surface area contributed by atoms with Gasteiger partial charge in [-0.3, -0.25) is 4.79 Å². The van der Waals surface area contributed by atoms with E-state index in [1.807, 2.05) is 48.5 Å². The number of aryl methyl sites for hydroxylation is 1. The van der Waals surface area contributed by atoms with E-state index in [0.717, 1.165) is 28.4 Å². The third-order valence-corrected chi connectivity index (χ3v) is 4.48. The van der Waals surface area contributed by atoms with Gasteiger partial charge in [-0.2, -0.15) is 0 Å². The Bertz CT molecular complexity index is 888. The van der Waals surface area contributed by atoms with E-state index < -0.39 is 0 Å². The zero-order valence-corrected chi connectivity index (χ0v) is 14.6. The average Bonchev–Trinajstić information content (AvgIpc) is 3.09. The summed E-state index contributed by atoms with van der Waals surface area (Å²) >= 11 is 0. The summed E-state index contributed by atoms with van der Waals surface area (Å²) in [5.74, 6) is 2.38. The molecule has 2 heterocycles. The van der Waals surface area contributed by atoms with Crippen molar-refractivity contribution in [2.75, 3.05) is 20.2 Å². The Balaban J connectivity index is 1.30. The number of ether oxygens (including phenoxy) is 2. The lowest BCUT2D eigenvalue weighted by Gasteiger charge is -2.29. The molecule has 6 heteroatoms. The number of aromatic nitrogens is 2. The fourth-order valence-corrected chi connectivity index (χ4v) is 3.10. The van der Waals surface area contributed by atoms with Crippen molar-refractivity contribution in [1.82, 2.24) is 14.9 Å². The summed E-state index contributed by atoms with van der Waals surface area (Å²) in [7, 11) is 1.80. The van der Waals surface area contributed by atoms with Crippen LogP contribution in [0.2, 0.25) is 0 Å². The second kappa shape index (κ2) is 7.07. The van der Waals surface area contributed by atoms with Gasteiger partial charge in [0.05, 0.1) is 17.6 Å². The molecular formula is C20H21N3O3. The molecule has 1 unspecified atom stereocenters. The molecule has 0 radical (unpaired) electrons. The van der Waals surface area contributed by atoms with Gasteiger partial charge >= 0.3 is 0 Å². The standard InChI is InChI=1S/C20H21N3O3/c1-23(12-14-13-25-17-8-4-5-9-18(17)26-14)20(24)11-10-19-21-15-6-2-3-7-16(15)22-19/h2-9,14H,10-13H2,1H3,(H,21,22). The molecule has 0 saturated carbocycles. The number of amides is 1. The number of nitrogens with one attached hydrogen (secondary N) is 1. The summed E-state index contributed by atoms with van der Waals surface area (Å²) in [5.41, 5.74) is 1.92. The maximum Gasteiger partial charge on any atom is 0.222 e. The molecule has 1 aliphatic heterocycles. The minimum atomic E-state index is -0.162. The van der Waals surface area contributed by atoms with Gasteiger partial charge < -0.3 is 19.4 Å². The lowest BCUT2D eigenvalue weighted by molar-refractivity contribution is -0.131. The zero-order chi connectivity index (χ0) is 17.9. The largest absolute Gasteiger partial charge is 0.486 e. The van der Waals surface area contributed by atoms with Crippen LogP contribution in [-0.4, -0.2) is 47.1 Å². The van der Waals surface area contributed by atoms with Crippen LogP contribution in [0.5, 0.6) is 11.5 Å². The number of hydrogen-bond donors (Lipinski definition) is 1.